The van der Waals surface area contributed by atoms with Gasteiger partial charge in [0.1, 0.15) is 0 Å². The highest BCUT2D eigenvalue weighted by molar-refractivity contribution is 5.82. The lowest BCUT2D eigenvalue weighted by Gasteiger charge is -2.27. The van der Waals surface area contributed by atoms with Gasteiger partial charge in [0, 0.05) is 13.1 Å². The van der Waals surface area contributed by atoms with Crippen molar-refractivity contribution in [2.75, 3.05) is 13.1 Å². The van der Waals surface area contributed by atoms with Crippen molar-refractivity contribution in [3.05, 3.63) is 35.9 Å². The van der Waals surface area contributed by atoms with Crippen molar-refractivity contribution in [3.8, 4) is 0 Å². The molecule has 20 heavy (non-hydrogen) atoms. The molecule has 2 N–H and O–H groups in total. The van der Waals surface area contributed by atoms with Gasteiger partial charge in [-0.3, -0.25) is 4.79 Å². The Labute approximate surface area is 122 Å². The molecule has 1 atom stereocenters. The molecular formula is C17H26N2O. The van der Waals surface area contributed by atoms with Crippen LogP contribution < -0.4 is 5.73 Å². The van der Waals surface area contributed by atoms with Gasteiger partial charge in [-0.1, -0.05) is 44.2 Å². The zero-order chi connectivity index (χ0) is 14.6. The van der Waals surface area contributed by atoms with Crippen LogP contribution in [0.4, 0.5) is 0 Å². The summed E-state index contributed by atoms with van der Waals surface area (Å²) in [5.74, 6) is 0.109. The van der Waals surface area contributed by atoms with E-state index in [2.05, 4.69) is 13.8 Å². The Morgan fingerprint density at radius 3 is 2.50 bits per heavy atom. The van der Waals surface area contributed by atoms with Gasteiger partial charge in [0.2, 0.25) is 5.91 Å². The fourth-order valence-electron chi connectivity index (χ4n) is 3.14. The molecule has 1 amide bonds. The van der Waals surface area contributed by atoms with Crippen molar-refractivity contribution in [2.45, 2.75) is 45.6 Å². The smallest absolute Gasteiger partial charge is 0.239 e. The Kier molecular flexibility index (Phi) is 4.81. The number of likely N-dealkylation sites (tertiary alicyclic amines) is 1. The van der Waals surface area contributed by atoms with E-state index in [0.717, 1.165) is 37.9 Å². The highest BCUT2D eigenvalue weighted by Gasteiger charge is 2.38. The minimum Gasteiger partial charge on any atom is -0.341 e. The van der Waals surface area contributed by atoms with E-state index < -0.39 is 6.04 Å². The van der Waals surface area contributed by atoms with Crippen molar-refractivity contribution in [1.82, 2.24) is 4.90 Å². The summed E-state index contributed by atoms with van der Waals surface area (Å²) in [4.78, 5) is 14.4. The summed E-state index contributed by atoms with van der Waals surface area (Å²) >= 11 is 0. The van der Waals surface area contributed by atoms with E-state index >= 15 is 0 Å². The Hall–Kier alpha value is -1.35. The summed E-state index contributed by atoms with van der Waals surface area (Å²) in [5, 5.41) is 0. The van der Waals surface area contributed by atoms with Gasteiger partial charge in [0.15, 0.2) is 0 Å². The Balaban J connectivity index is 1.95. The van der Waals surface area contributed by atoms with E-state index in [1.54, 1.807) is 0 Å². The van der Waals surface area contributed by atoms with Gasteiger partial charge in [-0.15, -0.1) is 0 Å². The molecule has 3 nitrogen and oxygen atoms in total. The first-order valence-corrected chi connectivity index (χ1v) is 7.68. The number of benzene rings is 1. The van der Waals surface area contributed by atoms with Crippen molar-refractivity contribution < 1.29 is 4.79 Å². The number of carbonyl (C=O) groups is 1. The third-order valence-corrected chi connectivity index (χ3v) is 4.87. The van der Waals surface area contributed by atoms with Gasteiger partial charge in [-0.2, -0.15) is 0 Å². The van der Waals surface area contributed by atoms with Crippen LogP contribution in [0.2, 0.25) is 0 Å². The average Bonchev–Trinajstić information content (AvgIpc) is 2.92. The molecule has 0 bridgehead atoms. The standard InChI is InChI=1S/C17H26N2O/c1-3-17(4-2)10-11-19(13-17)16(20)15(18)12-14-8-6-5-7-9-14/h5-9,15H,3-4,10-13,18H2,1-2H3/t15-/m1/s1. The molecule has 1 aliphatic rings. The lowest BCUT2D eigenvalue weighted by atomic mass is 9.82. The van der Waals surface area contributed by atoms with Crippen molar-refractivity contribution in [2.24, 2.45) is 11.1 Å². The van der Waals surface area contributed by atoms with E-state index in [1.807, 2.05) is 35.2 Å². The summed E-state index contributed by atoms with van der Waals surface area (Å²) in [5.41, 5.74) is 7.56. The number of rotatable bonds is 5. The Bertz CT molecular complexity index is 440. The van der Waals surface area contributed by atoms with Crippen LogP contribution in [-0.2, 0) is 11.2 Å². The molecule has 0 spiro atoms. The van der Waals surface area contributed by atoms with Crippen LogP contribution in [-0.4, -0.2) is 29.9 Å². The minimum atomic E-state index is -0.415. The van der Waals surface area contributed by atoms with Crippen molar-refractivity contribution in [3.63, 3.8) is 0 Å². The molecule has 1 saturated heterocycles. The first kappa shape index (κ1) is 15.0. The number of hydrogen-bond acceptors (Lipinski definition) is 2. The molecular weight excluding hydrogens is 248 g/mol. The van der Waals surface area contributed by atoms with E-state index in [4.69, 9.17) is 5.73 Å². The van der Waals surface area contributed by atoms with E-state index in [9.17, 15) is 4.79 Å². The molecule has 1 aromatic rings. The maximum atomic E-state index is 12.5. The van der Waals surface area contributed by atoms with Gasteiger partial charge in [0.25, 0.3) is 0 Å². The monoisotopic (exact) mass is 274 g/mol. The maximum absolute atomic E-state index is 12.5. The summed E-state index contributed by atoms with van der Waals surface area (Å²) in [7, 11) is 0. The van der Waals surface area contributed by atoms with Gasteiger partial charge < -0.3 is 10.6 Å². The average molecular weight is 274 g/mol. The second kappa shape index (κ2) is 6.40. The SMILES string of the molecule is CCC1(CC)CCN(C(=O)[C@H](N)Cc2ccccc2)C1. The third-order valence-electron chi connectivity index (χ3n) is 4.87. The Morgan fingerprint density at radius 1 is 1.30 bits per heavy atom. The first-order chi connectivity index (χ1) is 9.60. The number of carbonyl (C=O) groups excluding carboxylic acids is 1. The second-order valence-corrected chi connectivity index (χ2v) is 6.01. The van der Waals surface area contributed by atoms with Crippen LogP contribution in [0, 0.1) is 5.41 Å². The molecule has 110 valence electrons. The van der Waals surface area contributed by atoms with E-state index in [-0.39, 0.29) is 5.91 Å². The molecule has 0 aliphatic carbocycles. The molecule has 0 radical (unpaired) electrons. The fourth-order valence-corrected chi connectivity index (χ4v) is 3.14. The summed E-state index contributed by atoms with van der Waals surface area (Å²) in [6.45, 7) is 6.19. The van der Waals surface area contributed by atoms with Crippen LogP contribution in [0.3, 0.4) is 0 Å². The molecule has 0 aromatic heterocycles. The molecule has 1 aliphatic heterocycles. The minimum absolute atomic E-state index is 0.109. The maximum Gasteiger partial charge on any atom is 0.239 e. The van der Waals surface area contributed by atoms with Gasteiger partial charge >= 0.3 is 0 Å². The molecule has 0 unspecified atom stereocenters. The normalized spacial score (nSPS) is 19.1. The third kappa shape index (κ3) is 3.21. The number of hydrogen-bond donors (Lipinski definition) is 1. The molecule has 2 rings (SSSR count). The van der Waals surface area contributed by atoms with Crippen LogP contribution in [0.1, 0.15) is 38.7 Å². The summed E-state index contributed by atoms with van der Waals surface area (Å²) in [6.07, 6.45) is 4.02. The number of nitrogens with two attached hydrogens (primary N) is 1. The quantitative estimate of drug-likeness (QED) is 0.897. The molecule has 3 heteroatoms. The largest absolute Gasteiger partial charge is 0.341 e. The molecule has 1 aromatic carbocycles. The summed E-state index contributed by atoms with van der Waals surface area (Å²) in [6, 6.07) is 9.60. The molecule has 1 fully saturated rings. The summed E-state index contributed by atoms with van der Waals surface area (Å²) < 4.78 is 0. The highest BCUT2D eigenvalue weighted by atomic mass is 16.2. The lowest BCUT2D eigenvalue weighted by molar-refractivity contribution is -0.131. The van der Waals surface area contributed by atoms with E-state index in [1.165, 1.54) is 0 Å². The van der Waals surface area contributed by atoms with Crippen molar-refractivity contribution in [1.29, 1.82) is 0 Å². The van der Waals surface area contributed by atoms with Crippen LogP contribution in [0.25, 0.3) is 0 Å². The zero-order valence-electron chi connectivity index (χ0n) is 12.6. The lowest BCUT2D eigenvalue weighted by Crippen LogP contribution is -2.44. The van der Waals surface area contributed by atoms with Gasteiger partial charge in [-0.05, 0) is 36.7 Å². The molecule has 0 saturated carbocycles. The number of amides is 1. The van der Waals surface area contributed by atoms with Crippen LogP contribution >= 0.6 is 0 Å². The van der Waals surface area contributed by atoms with Crippen LogP contribution in [0.15, 0.2) is 30.3 Å². The van der Waals surface area contributed by atoms with Gasteiger partial charge in [0.05, 0.1) is 6.04 Å². The van der Waals surface area contributed by atoms with E-state index in [0.29, 0.717) is 11.8 Å². The van der Waals surface area contributed by atoms with Crippen molar-refractivity contribution >= 4 is 5.91 Å². The predicted octanol–water partition coefficient (Wildman–Crippen LogP) is 2.60. The number of nitrogens with zero attached hydrogens (tertiary/aromatic N) is 1. The molecule has 1 heterocycles. The second-order valence-electron chi connectivity index (χ2n) is 6.01. The van der Waals surface area contributed by atoms with Crippen LogP contribution in [0.5, 0.6) is 0 Å². The highest BCUT2D eigenvalue weighted by Crippen LogP contribution is 2.37. The van der Waals surface area contributed by atoms with Gasteiger partial charge in [-0.25, -0.2) is 0 Å². The first-order valence-electron chi connectivity index (χ1n) is 7.68. The Morgan fingerprint density at radius 2 is 1.95 bits per heavy atom. The fraction of sp³-hybridized carbons (Fsp3) is 0.588. The predicted molar refractivity (Wildman–Crippen MR) is 82.3 cm³/mol. The topological polar surface area (TPSA) is 46.3 Å². The zero-order valence-corrected chi connectivity index (χ0v) is 12.6.